The molecule has 0 amide bonds. The van der Waals surface area contributed by atoms with E-state index in [0.717, 1.165) is 5.56 Å². The average molecular weight is 274 g/mol. The van der Waals surface area contributed by atoms with Gasteiger partial charge in [0, 0.05) is 5.56 Å². The molecule has 0 spiro atoms. The molecule has 0 atom stereocenters. The second-order valence-corrected chi connectivity index (χ2v) is 4.35. The molecule has 2 aromatic carbocycles. The van der Waals surface area contributed by atoms with E-state index in [1.807, 2.05) is 37.3 Å². The number of hydrogen-bond donors (Lipinski definition) is 0. The van der Waals surface area contributed by atoms with Crippen molar-refractivity contribution in [2.75, 3.05) is 0 Å². The van der Waals surface area contributed by atoms with E-state index in [9.17, 15) is 4.79 Å². The van der Waals surface area contributed by atoms with E-state index < -0.39 is 5.97 Å². The Kier molecular flexibility index (Phi) is 4.31. The number of nitrogens with zero attached hydrogens (tertiary/aromatic N) is 1. The van der Waals surface area contributed by atoms with Gasteiger partial charge in [-0.1, -0.05) is 64.8 Å². The van der Waals surface area contributed by atoms with Crippen LogP contribution >= 0.6 is 11.6 Å². The molecule has 2 aromatic rings. The summed E-state index contributed by atoms with van der Waals surface area (Å²) in [6, 6.07) is 16.1. The van der Waals surface area contributed by atoms with Gasteiger partial charge in [0.2, 0.25) is 0 Å². The highest BCUT2D eigenvalue weighted by atomic mass is 35.5. The van der Waals surface area contributed by atoms with E-state index in [0.29, 0.717) is 11.1 Å². The Morgan fingerprint density at radius 1 is 1.00 bits per heavy atom. The first-order valence-electron chi connectivity index (χ1n) is 5.74. The summed E-state index contributed by atoms with van der Waals surface area (Å²) in [5.41, 5.74) is 2.25. The predicted octanol–water partition coefficient (Wildman–Crippen LogP) is 3.75. The maximum Gasteiger partial charge on any atom is 0.365 e. The van der Waals surface area contributed by atoms with Gasteiger partial charge in [0.1, 0.15) is 0 Å². The molecular weight excluding hydrogens is 262 g/mol. The second-order valence-electron chi connectivity index (χ2n) is 3.99. The first-order valence-corrected chi connectivity index (χ1v) is 6.11. The summed E-state index contributed by atoms with van der Waals surface area (Å²) < 4.78 is 0. The molecule has 2 rings (SSSR count). The third kappa shape index (κ3) is 3.66. The van der Waals surface area contributed by atoms with Gasteiger partial charge in [-0.3, -0.25) is 0 Å². The van der Waals surface area contributed by atoms with Gasteiger partial charge in [0.15, 0.2) is 5.17 Å². The normalized spacial score (nSPS) is 11.2. The molecule has 0 N–H and O–H groups in total. The van der Waals surface area contributed by atoms with Crippen LogP contribution in [0.4, 0.5) is 0 Å². The summed E-state index contributed by atoms with van der Waals surface area (Å²) in [5.74, 6) is -0.536. The summed E-state index contributed by atoms with van der Waals surface area (Å²) in [6.45, 7) is 1.98. The number of carbonyl (C=O) groups is 1. The van der Waals surface area contributed by atoms with Gasteiger partial charge in [-0.15, -0.1) is 0 Å². The minimum Gasteiger partial charge on any atom is -0.311 e. The number of oxime groups is 1. The molecule has 3 nitrogen and oxygen atoms in total. The quantitative estimate of drug-likeness (QED) is 0.485. The number of halogens is 1. The van der Waals surface area contributed by atoms with Crippen molar-refractivity contribution in [2.24, 2.45) is 5.16 Å². The number of aryl methyl sites for hydroxylation is 1. The molecule has 0 saturated heterocycles. The van der Waals surface area contributed by atoms with Gasteiger partial charge in [-0.05, 0) is 19.1 Å². The van der Waals surface area contributed by atoms with Crippen LogP contribution in [0.3, 0.4) is 0 Å². The molecular formula is C15H12ClNO2. The molecule has 96 valence electrons. The summed E-state index contributed by atoms with van der Waals surface area (Å²) in [5, 5.41) is 3.78. The first-order chi connectivity index (χ1) is 9.16. The van der Waals surface area contributed by atoms with Gasteiger partial charge < -0.3 is 4.84 Å². The van der Waals surface area contributed by atoms with E-state index in [2.05, 4.69) is 5.16 Å². The lowest BCUT2D eigenvalue weighted by atomic mass is 10.2. The van der Waals surface area contributed by atoms with Gasteiger partial charge in [-0.25, -0.2) is 4.79 Å². The molecule has 0 radical (unpaired) electrons. The molecule has 0 aliphatic carbocycles. The maximum absolute atomic E-state index is 11.6. The first kappa shape index (κ1) is 13.3. The minimum absolute atomic E-state index is 0.143. The van der Waals surface area contributed by atoms with Gasteiger partial charge in [0.05, 0.1) is 5.56 Å². The Morgan fingerprint density at radius 2 is 1.63 bits per heavy atom. The minimum atomic E-state index is -0.536. The van der Waals surface area contributed by atoms with Crippen LogP contribution in [0.5, 0.6) is 0 Å². The zero-order valence-electron chi connectivity index (χ0n) is 10.3. The third-order valence-electron chi connectivity index (χ3n) is 2.51. The Labute approximate surface area is 116 Å². The van der Waals surface area contributed by atoms with Crippen LogP contribution in [0.2, 0.25) is 0 Å². The van der Waals surface area contributed by atoms with Crippen LogP contribution in [0.1, 0.15) is 21.5 Å². The van der Waals surface area contributed by atoms with Crippen LogP contribution in [-0.2, 0) is 4.84 Å². The number of hydrogen-bond acceptors (Lipinski definition) is 3. The summed E-state index contributed by atoms with van der Waals surface area (Å²) in [6.07, 6.45) is 0. The van der Waals surface area contributed by atoms with Gasteiger partial charge in [-0.2, -0.15) is 0 Å². The van der Waals surface area contributed by atoms with Crippen molar-refractivity contribution in [2.45, 2.75) is 6.92 Å². The summed E-state index contributed by atoms with van der Waals surface area (Å²) >= 11 is 5.96. The zero-order chi connectivity index (χ0) is 13.7. The molecule has 4 heteroatoms. The Morgan fingerprint density at radius 3 is 2.26 bits per heavy atom. The predicted molar refractivity (Wildman–Crippen MR) is 75.4 cm³/mol. The second kappa shape index (κ2) is 6.16. The van der Waals surface area contributed by atoms with Gasteiger partial charge >= 0.3 is 5.97 Å². The van der Waals surface area contributed by atoms with Crippen molar-refractivity contribution in [3.8, 4) is 0 Å². The van der Waals surface area contributed by atoms with Crippen molar-refractivity contribution in [3.05, 3.63) is 71.3 Å². The topological polar surface area (TPSA) is 38.7 Å². The maximum atomic E-state index is 11.6. The van der Waals surface area contributed by atoms with Crippen LogP contribution in [0.15, 0.2) is 59.8 Å². The van der Waals surface area contributed by atoms with Crippen molar-refractivity contribution in [1.82, 2.24) is 0 Å². The fraction of sp³-hybridized carbons (Fsp3) is 0.0667. The third-order valence-corrected chi connectivity index (χ3v) is 2.80. The van der Waals surface area contributed by atoms with Gasteiger partial charge in [0.25, 0.3) is 0 Å². The van der Waals surface area contributed by atoms with E-state index in [4.69, 9.17) is 16.4 Å². The van der Waals surface area contributed by atoms with E-state index in [1.165, 1.54) is 0 Å². The molecule has 0 aliphatic rings. The van der Waals surface area contributed by atoms with Crippen molar-refractivity contribution < 1.29 is 9.63 Å². The van der Waals surface area contributed by atoms with E-state index in [-0.39, 0.29) is 5.17 Å². The fourth-order valence-electron chi connectivity index (χ4n) is 1.45. The lowest BCUT2D eigenvalue weighted by molar-refractivity contribution is 0.0518. The van der Waals surface area contributed by atoms with Crippen LogP contribution < -0.4 is 0 Å². The Bertz CT molecular complexity index is 591. The summed E-state index contributed by atoms with van der Waals surface area (Å²) in [7, 11) is 0. The van der Waals surface area contributed by atoms with Crippen LogP contribution in [0.25, 0.3) is 0 Å². The highest BCUT2D eigenvalue weighted by Crippen LogP contribution is 2.09. The lowest BCUT2D eigenvalue weighted by Crippen LogP contribution is -2.02. The Balaban J connectivity index is 2.06. The highest BCUT2D eigenvalue weighted by molar-refractivity contribution is 6.69. The standard InChI is InChI=1S/C15H12ClNO2/c1-11-7-9-12(10-8-11)14(16)17-19-15(18)13-5-3-2-4-6-13/h2-10H,1H3/b17-14-. The molecule has 0 bridgehead atoms. The monoisotopic (exact) mass is 273 g/mol. The highest BCUT2D eigenvalue weighted by Gasteiger charge is 2.07. The van der Waals surface area contributed by atoms with Crippen LogP contribution in [0, 0.1) is 6.92 Å². The molecule has 0 aliphatic heterocycles. The summed E-state index contributed by atoms with van der Waals surface area (Å²) in [4.78, 5) is 16.4. The van der Waals surface area contributed by atoms with E-state index >= 15 is 0 Å². The molecule has 0 fully saturated rings. The Hall–Kier alpha value is -2.13. The van der Waals surface area contributed by atoms with Crippen molar-refractivity contribution in [3.63, 3.8) is 0 Å². The fourth-order valence-corrected chi connectivity index (χ4v) is 1.61. The lowest BCUT2D eigenvalue weighted by Gasteiger charge is -2.00. The zero-order valence-corrected chi connectivity index (χ0v) is 11.1. The molecule has 19 heavy (non-hydrogen) atoms. The average Bonchev–Trinajstić information content (AvgIpc) is 2.46. The molecule has 0 aromatic heterocycles. The van der Waals surface area contributed by atoms with E-state index in [1.54, 1.807) is 24.3 Å². The SMILES string of the molecule is Cc1ccc(/C(Cl)=N/OC(=O)c2ccccc2)cc1. The molecule has 0 heterocycles. The smallest absolute Gasteiger partial charge is 0.311 e. The number of benzene rings is 2. The van der Waals surface area contributed by atoms with Crippen molar-refractivity contribution in [1.29, 1.82) is 0 Å². The van der Waals surface area contributed by atoms with Crippen molar-refractivity contribution >= 4 is 22.7 Å². The number of carbonyl (C=O) groups excluding carboxylic acids is 1. The molecule has 0 saturated carbocycles. The largest absolute Gasteiger partial charge is 0.365 e. The molecule has 0 unspecified atom stereocenters. The number of rotatable bonds is 3. The van der Waals surface area contributed by atoms with Crippen LogP contribution in [-0.4, -0.2) is 11.1 Å².